The molecule has 0 aromatic heterocycles. The number of hydrogen-bond acceptors (Lipinski definition) is 5. The molecule has 1 saturated heterocycles. The molecule has 1 amide bonds. The molecule has 35 heavy (non-hydrogen) atoms. The van der Waals surface area contributed by atoms with Crippen LogP contribution in [0.4, 0.5) is 4.79 Å². The van der Waals surface area contributed by atoms with Crippen molar-refractivity contribution in [2.24, 2.45) is 34.5 Å². The van der Waals surface area contributed by atoms with Gasteiger partial charge in [-0.25, -0.2) is 4.79 Å². The summed E-state index contributed by atoms with van der Waals surface area (Å²) >= 11 is 0. The Kier molecular flexibility index (Phi) is 6.05. The molecule has 0 bridgehead atoms. The summed E-state index contributed by atoms with van der Waals surface area (Å²) in [6, 6.07) is 0. The van der Waals surface area contributed by atoms with Gasteiger partial charge in [-0.05, 0) is 112 Å². The maximum absolute atomic E-state index is 12.7. The van der Waals surface area contributed by atoms with Crippen molar-refractivity contribution in [3.63, 3.8) is 0 Å². The average Bonchev–Trinajstić information content (AvgIpc) is 3.39. The topological polar surface area (TPSA) is 82.1 Å². The van der Waals surface area contributed by atoms with Crippen molar-refractivity contribution in [1.82, 2.24) is 4.90 Å². The Bertz CT molecular complexity index is 869. The first kappa shape index (κ1) is 24.2. The minimum absolute atomic E-state index is 0.0428. The molecule has 0 aromatic carbocycles. The summed E-state index contributed by atoms with van der Waals surface area (Å²) in [7, 11) is 0. The van der Waals surface area contributed by atoms with E-state index in [1.165, 1.54) is 6.42 Å². The van der Waals surface area contributed by atoms with E-state index in [9.17, 15) is 15.0 Å². The number of ether oxygens (including phenoxy) is 2. The lowest BCUT2D eigenvalue weighted by atomic mass is 9.43. The first-order valence-corrected chi connectivity index (χ1v) is 14.4. The number of likely N-dealkylation sites (tertiary alicyclic amines) is 1. The second-order valence-electron chi connectivity index (χ2n) is 13.2. The van der Waals surface area contributed by atoms with Crippen molar-refractivity contribution in [2.75, 3.05) is 19.7 Å². The summed E-state index contributed by atoms with van der Waals surface area (Å²) in [6.07, 6.45) is 13.3. The van der Waals surface area contributed by atoms with E-state index < -0.39 is 11.9 Å². The van der Waals surface area contributed by atoms with Gasteiger partial charge in [-0.3, -0.25) is 0 Å². The van der Waals surface area contributed by atoms with Crippen LogP contribution in [-0.2, 0) is 9.47 Å². The third-order valence-corrected chi connectivity index (χ3v) is 11.9. The van der Waals surface area contributed by atoms with Crippen LogP contribution < -0.4 is 5.11 Å². The maximum Gasteiger partial charge on any atom is 0.410 e. The van der Waals surface area contributed by atoms with Crippen LogP contribution in [0.2, 0.25) is 0 Å². The summed E-state index contributed by atoms with van der Waals surface area (Å²) < 4.78 is 11.4. The molecule has 4 aliphatic carbocycles. The van der Waals surface area contributed by atoms with Gasteiger partial charge in [-0.15, -0.1) is 0 Å². The first-order valence-electron chi connectivity index (χ1n) is 14.4. The van der Waals surface area contributed by atoms with Gasteiger partial charge in [-0.1, -0.05) is 19.9 Å². The quantitative estimate of drug-likeness (QED) is 0.585. The molecule has 2 aliphatic heterocycles. The highest BCUT2D eigenvalue weighted by atomic mass is 16.6. The van der Waals surface area contributed by atoms with Crippen molar-refractivity contribution in [1.29, 1.82) is 0 Å². The van der Waals surface area contributed by atoms with Crippen LogP contribution in [-0.4, -0.2) is 53.8 Å². The molecule has 1 N–H and O–H groups in total. The molecule has 6 nitrogen and oxygen atoms in total. The van der Waals surface area contributed by atoms with E-state index >= 15 is 0 Å². The zero-order chi connectivity index (χ0) is 24.4. The van der Waals surface area contributed by atoms with Gasteiger partial charge >= 0.3 is 6.09 Å². The smallest absolute Gasteiger partial charge is 0.410 e. The van der Waals surface area contributed by atoms with E-state index in [0.29, 0.717) is 24.4 Å². The number of carbonyl (C=O) groups is 1. The number of carbonyl (C=O) groups excluding carboxylic acids is 1. The molecular formula is C29H44NO5-. The van der Waals surface area contributed by atoms with Gasteiger partial charge in [0.15, 0.2) is 0 Å². The Morgan fingerprint density at radius 1 is 1.06 bits per heavy atom. The van der Waals surface area contributed by atoms with Gasteiger partial charge in [0, 0.05) is 24.8 Å². The molecule has 0 aromatic rings. The van der Waals surface area contributed by atoms with Crippen LogP contribution in [0.5, 0.6) is 0 Å². The van der Waals surface area contributed by atoms with Crippen molar-refractivity contribution < 1.29 is 24.5 Å². The van der Waals surface area contributed by atoms with Crippen LogP contribution in [0, 0.1) is 34.5 Å². The molecule has 9 atom stereocenters. The summed E-state index contributed by atoms with van der Waals surface area (Å²) in [6.45, 7) is 6.90. The molecule has 4 saturated carbocycles. The van der Waals surface area contributed by atoms with E-state index in [2.05, 4.69) is 13.8 Å². The normalized spacial score (nSPS) is 49.6. The lowest BCUT2D eigenvalue weighted by Crippen LogP contribution is -2.62. The highest BCUT2D eigenvalue weighted by Crippen LogP contribution is 2.70. The fraction of sp³-hybridized carbons (Fsp3) is 0.897. The van der Waals surface area contributed by atoms with Crippen LogP contribution in [0.3, 0.4) is 0 Å². The van der Waals surface area contributed by atoms with Crippen molar-refractivity contribution >= 4 is 6.09 Å². The van der Waals surface area contributed by atoms with Crippen LogP contribution in [0.25, 0.3) is 0 Å². The van der Waals surface area contributed by atoms with Crippen LogP contribution in [0.15, 0.2) is 11.6 Å². The molecule has 0 radical (unpaired) electrons. The third-order valence-electron chi connectivity index (χ3n) is 11.9. The summed E-state index contributed by atoms with van der Waals surface area (Å²) in [5.41, 5.74) is 0.519. The molecule has 6 heteroatoms. The molecule has 6 rings (SSSR count). The minimum Gasteiger partial charge on any atom is -0.828 e. The van der Waals surface area contributed by atoms with Crippen LogP contribution >= 0.6 is 0 Å². The fourth-order valence-electron chi connectivity index (χ4n) is 9.85. The Morgan fingerprint density at radius 3 is 2.60 bits per heavy atom. The number of amides is 1. The second-order valence-corrected chi connectivity index (χ2v) is 13.2. The third kappa shape index (κ3) is 3.72. The van der Waals surface area contributed by atoms with Gasteiger partial charge in [0.05, 0.1) is 12.2 Å². The van der Waals surface area contributed by atoms with E-state index in [-0.39, 0.29) is 28.9 Å². The number of piperidine rings is 1. The predicted octanol–water partition coefficient (Wildman–Crippen LogP) is 4.39. The summed E-state index contributed by atoms with van der Waals surface area (Å²) in [5, 5.41) is 24.2. The molecule has 0 spiro atoms. The van der Waals surface area contributed by atoms with Gasteiger partial charge in [0.2, 0.25) is 0 Å². The molecule has 2 heterocycles. The molecular weight excluding hydrogens is 442 g/mol. The van der Waals surface area contributed by atoms with Gasteiger partial charge in [0.1, 0.15) is 6.10 Å². The highest BCUT2D eigenvalue weighted by Gasteiger charge is 2.67. The molecule has 6 aliphatic rings. The second kappa shape index (κ2) is 8.73. The Labute approximate surface area is 210 Å². The number of fused-ring (bicyclic) bond motifs is 5. The van der Waals surface area contributed by atoms with Crippen molar-refractivity contribution in [3.05, 3.63) is 11.6 Å². The van der Waals surface area contributed by atoms with Crippen molar-refractivity contribution in [3.8, 4) is 0 Å². The first-order chi connectivity index (χ1) is 16.7. The summed E-state index contributed by atoms with van der Waals surface area (Å²) in [4.78, 5) is 14.6. The Morgan fingerprint density at radius 2 is 1.86 bits per heavy atom. The number of rotatable bonds is 2. The zero-order valence-corrected chi connectivity index (χ0v) is 21.7. The standard InChI is InChI=1S/C29H44NO5/c1-27-11-8-21(35-26(32)30-14-4-3-5-15-30)17-20(27)6-7-24-23(27)9-12-28(2)22(10-13-29(24,28)33)19-16-25(31)34-18-19/h16,20-25,33H,3-15,17-18H2,1-2H3/q-1/t20?,21-,22?,23?,24?,25?,27-,28+,29?/m0/s1. The summed E-state index contributed by atoms with van der Waals surface area (Å²) in [5.74, 6) is 1.68. The van der Waals surface area contributed by atoms with E-state index in [4.69, 9.17) is 9.47 Å². The molecule has 196 valence electrons. The average molecular weight is 487 g/mol. The van der Waals surface area contributed by atoms with Gasteiger partial charge < -0.3 is 24.6 Å². The van der Waals surface area contributed by atoms with E-state index in [1.807, 2.05) is 4.90 Å². The number of nitrogens with zero attached hydrogens (tertiary/aromatic N) is 1. The van der Waals surface area contributed by atoms with E-state index in [1.54, 1.807) is 6.08 Å². The molecule has 5 fully saturated rings. The fourth-order valence-corrected chi connectivity index (χ4v) is 9.85. The Balaban J connectivity index is 1.16. The Hall–Kier alpha value is -1.11. The lowest BCUT2D eigenvalue weighted by molar-refractivity contribution is -0.467. The maximum atomic E-state index is 12.7. The highest BCUT2D eigenvalue weighted by molar-refractivity contribution is 5.67. The lowest BCUT2D eigenvalue weighted by Gasteiger charge is -2.63. The van der Waals surface area contributed by atoms with Gasteiger partial charge in [0.25, 0.3) is 0 Å². The monoisotopic (exact) mass is 486 g/mol. The number of hydrogen-bond donors (Lipinski definition) is 1. The SMILES string of the molecule is C[C@]12CC[C@H](OC(=O)N3CCCCC3)CC1CCC1C2CC[C@]2(C)C(C3=CC([O-])OC3)CCC12O. The minimum atomic E-state index is -1.04. The largest absolute Gasteiger partial charge is 0.828 e. The zero-order valence-electron chi connectivity index (χ0n) is 21.7. The predicted molar refractivity (Wildman–Crippen MR) is 130 cm³/mol. The van der Waals surface area contributed by atoms with E-state index in [0.717, 1.165) is 89.3 Å². The number of aliphatic hydroxyl groups is 1. The van der Waals surface area contributed by atoms with Gasteiger partial charge in [-0.2, -0.15) is 0 Å². The van der Waals surface area contributed by atoms with Crippen LogP contribution in [0.1, 0.15) is 90.9 Å². The van der Waals surface area contributed by atoms with Crippen molar-refractivity contribution in [2.45, 2.75) is 109 Å². The molecule has 6 unspecified atom stereocenters.